The molecule has 1 aromatic carbocycles. The second-order valence-electron chi connectivity index (χ2n) is 9.81. The van der Waals surface area contributed by atoms with Crippen molar-refractivity contribution in [2.24, 2.45) is 11.8 Å². The smallest absolute Gasteiger partial charge is 0.310 e. The molecule has 1 aromatic rings. The summed E-state index contributed by atoms with van der Waals surface area (Å²) in [4.78, 5) is 24.6. The van der Waals surface area contributed by atoms with Crippen LogP contribution in [-0.4, -0.2) is 22.2 Å². The van der Waals surface area contributed by atoms with E-state index in [9.17, 15) is 19.8 Å². The molecule has 0 aliphatic carbocycles. The monoisotopic (exact) mass is 432 g/mol. The quantitative estimate of drug-likeness (QED) is 0.267. The lowest BCUT2D eigenvalue weighted by molar-refractivity contribution is -0.140. The van der Waals surface area contributed by atoms with Crippen LogP contribution < -0.4 is 0 Å². The van der Waals surface area contributed by atoms with Crippen molar-refractivity contribution in [2.45, 2.75) is 111 Å². The van der Waals surface area contributed by atoms with E-state index in [0.29, 0.717) is 24.7 Å². The zero-order valence-electron chi connectivity index (χ0n) is 20.3. The van der Waals surface area contributed by atoms with Gasteiger partial charge in [0.05, 0.1) is 11.8 Å². The molecule has 2 atom stereocenters. The molecular formula is C27H44O4. The van der Waals surface area contributed by atoms with Gasteiger partial charge in [-0.1, -0.05) is 78.5 Å². The van der Waals surface area contributed by atoms with Gasteiger partial charge in [0, 0.05) is 0 Å². The van der Waals surface area contributed by atoms with E-state index in [-0.39, 0.29) is 0 Å². The summed E-state index contributed by atoms with van der Waals surface area (Å²) in [6.07, 6.45) is 9.24. The highest BCUT2D eigenvalue weighted by molar-refractivity contribution is 5.81. The van der Waals surface area contributed by atoms with Gasteiger partial charge in [-0.15, -0.1) is 0 Å². The molecule has 0 heterocycles. The van der Waals surface area contributed by atoms with Crippen molar-refractivity contribution in [3.05, 3.63) is 34.9 Å². The molecule has 2 N–H and O–H groups in total. The van der Waals surface area contributed by atoms with E-state index < -0.39 is 23.8 Å². The molecule has 0 aliphatic heterocycles. The van der Waals surface area contributed by atoms with Crippen LogP contribution in [0.15, 0.2) is 18.2 Å². The van der Waals surface area contributed by atoms with Crippen molar-refractivity contribution < 1.29 is 19.8 Å². The zero-order chi connectivity index (χ0) is 23.4. The molecule has 0 radical (unpaired) electrons. The van der Waals surface area contributed by atoms with Crippen LogP contribution >= 0.6 is 0 Å². The van der Waals surface area contributed by atoms with Gasteiger partial charge in [-0.3, -0.25) is 9.59 Å². The molecular weight excluding hydrogens is 388 g/mol. The molecule has 0 spiro atoms. The SMILES string of the molecule is CCCCCCCc1cccc(C(CCC(C)C)C(=O)O)c1C(CCC(C)C)C(=O)O. The topological polar surface area (TPSA) is 74.6 Å². The Morgan fingerprint density at radius 1 is 0.774 bits per heavy atom. The summed E-state index contributed by atoms with van der Waals surface area (Å²) in [5, 5.41) is 20.1. The molecule has 0 saturated heterocycles. The fourth-order valence-electron chi connectivity index (χ4n) is 4.30. The van der Waals surface area contributed by atoms with Gasteiger partial charge in [-0.2, -0.15) is 0 Å². The van der Waals surface area contributed by atoms with E-state index in [1.807, 2.05) is 18.2 Å². The lowest BCUT2D eigenvalue weighted by atomic mass is 9.78. The van der Waals surface area contributed by atoms with Gasteiger partial charge in [0.1, 0.15) is 0 Å². The predicted molar refractivity (Wildman–Crippen MR) is 128 cm³/mol. The van der Waals surface area contributed by atoms with Gasteiger partial charge in [0.15, 0.2) is 0 Å². The maximum absolute atomic E-state index is 12.3. The molecule has 0 aromatic heterocycles. The largest absolute Gasteiger partial charge is 0.481 e. The van der Waals surface area contributed by atoms with Crippen LogP contribution in [-0.2, 0) is 16.0 Å². The van der Waals surface area contributed by atoms with Crippen molar-refractivity contribution in [1.82, 2.24) is 0 Å². The summed E-state index contributed by atoms with van der Waals surface area (Å²) in [7, 11) is 0. The lowest BCUT2D eigenvalue weighted by Crippen LogP contribution is -2.21. The first kappa shape index (κ1) is 27.2. The average molecular weight is 433 g/mol. The van der Waals surface area contributed by atoms with Crippen LogP contribution in [0.25, 0.3) is 0 Å². The maximum Gasteiger partial charge on any atom is 0.310 e. The molecule has 4 nitrogen and oxygen atoms in total. The minimum Gasteiger partial charge on any atom is -0.481 e. The van der Waals surface area contributed by atoms with E-state index in [4.69, 9.17) is 0 Å². The molecule has 1 rings (SSSR count). The molecule has 0 aliphatic rings. The second kappa shape index (κ2) is 14.3. The molecule has 0 bridgehead atoms. The number of unbranched alkanes of at least 4 members (excludes halogenated alkanes) is 4. The Morgan fingerprint density at radius 3 is 1.84 bits per heavy atom. The average Bonchev–Trinajstić information content (AvgIpc) is 2.68. The Kier molecular flexibility index (Phi) is 12.5. The number of aryl methyl sites for hydroxylation is 1. The highest BCUT2D eigenvalue weighted by Gasteiger charge is 2.31. The molecule has 31 heavy (non-hydrogen) atoms. The van der Waals surface area contributed by atoms with Gasteiger partial charge in [0.25, 0.3) is 0 Å². The number of carboxylic acids is 2. The number of aliphatic carboxylic acids is 2. The first-order valence-corrected chi connectivity index (χ1v) is 12.3. The maximum atomic E-state index is 12.3. The predicted octanol–water partition coefficient (Wildman–Crippen LogP) is 7.41. The van der Waals surface area contributed by atoms with Crippen LogP contribution in [0.4, 0.5) is 0 Å². The molecule has 4 heteroatoms. The summed E-state index contributed by atoms with van der Waals surface area (Å²) in [6.45, 7) is 10.6. The van der Waals surface area contributed by atoms with Gasteiger partial charge in [-0.25, -0.2) is 0 Å². The Hall–Kier alpha value is -1.84. The van der Waals surface area contributed by atoms with E-state index in [0.717, 1.165) is 48.8 Å². The summed E-state index contributed by atoms with van der Waals surface area (Å²) in [6, 6.07) is 5.80. The van der Waals surface area contributed by atoms with E-state index >= 15 is 0 Å². The first-order chi connectivity index (χ1) is 14.7. The number of hydrogen-bond donors (Lipinski definition) is 2. The normalized spacial score (nSPS) is 13.5. The second-order valence-corrected chi connectivity index (χ2v) is 9.81. The van der Waals surface area contributed by atoms with Crippen LogP contribution in [0.1, 0.15) is 121 Å². The fraction of sp³-hybridized carbons (Fsp3) is 0.704. The number of carbonyl (C=O) groups is 2. The van der Waals surface area contributed by atoms with Crippen LogP contribution in [0.2, 0.25) is 0 Å². The fourth-order valence-corrected chi connectivity index (χ4v) is 4.30. The first-order valence-electron chi connectivity index (χ1n) is 12.3. The molecule has 0 saturated carbocycles. The third-order valence-corrected chi connectivity index (χ3v) is 6.17. The minimum atomic E-state index is -0.852. The van der Waals surface area contributed by atoms with Crippen molar-refractivity contribution in [2.75, 3.05) is 0 Å². The summed E-state index contributed by atoms with van der Waals surface area (Å²) in [5.74, 6) is -2.18. The van der Waals surface area contributed by atoms with Gasteiger partial charge in [0.2, 0.25) is 0 Å². The van der Waals surface area contributed by atoms with Gasteiger partial charge >= 0.3 is 11.9 Å². The Morgan fingerprint density at radius 2 is 1.32 bits per heavy atom. The van der Waals surface area contributed by atoms with Crippen molar-refractivity contribution in [1.29, 1.82) is 0 Å². The van der Waals surface area contributed by atoms with Crippen LogP contribution in [0.5, 0.6) is 0 Å². The van der Waals surface area contributed by atoms with E-state index in [1.54, 1.807) is 0 Å². The van der Waals surface area contributed by atoms with Gasteiger partial charge in [-0.05, 0) is 67.1 Å². The highest BCUT2D eigenvalue weighted by Crippen LogP contribution is 2.37. The van der Waals surface area contributed by atoms with E-state index in [1.165, 1.54) is 19.3 Å². The number of rotatable bonds is 16. The van der Waals surface area contributed by atoms with E-state index in [2.05, 4.69) is 34.6 Å². The lowest BCUT2D eigenvalue weighted by Gasteiger charge is -2.25. The minimum absolute atomic E-state index is 0.405. The number of benzene rings is 1. The summed E-state index contributed by atoms with van der Waals surface area (Å²) in [5.41, 5.74) is 2.53. The van der Waals surface area contributed by atoms with Gasteiger partial charge < -0.3 is 10.2 Å². The Labute approximate surface area is 189 Å². The van der Waals surface area contributed by atoms with Crippen molar-refractivity contribution >= 4 is 11.9 Å². The highest BCUT2D eigenvalue weighted by atomic mass is 16.4. The van der Waals surface area contributed by atoms with Crippen molar-refractivity contribution in [3.8, 4) is 0 Å². The standard InChI is InChI=1S/C27H44O4/c1-6-7-8-9-10-12-21-13-11-14-22(23(26(28)29)17-15-19(2)3)25(21)24(27(30)31)18-16-20(4)5/h11,13-14,19-20,23-24H,6-10,12,15-18H2,1-5H3,(H,28,29)(H,30,31). The third-order valence-electron chi connectivity index (χ3n) is 6.17. The number of carboxylic acid groups (broad SMARTS) is 2. The third kappa shape index (κ3) is 9.45. The summed E-state index contributed by atoms with van der Waals surface area (Å²) >= 11 is 0. The number of hydrogen-bond acceptors (Lipinski definition) is 2. The molecule has 176 valence electrons. The zero-order valence-corrected chi connectivity index (χ0v) is 20.3. The Bertz CT molecular complexity index is 678. The summed E-state index contributed by atoms with van der Waals surface area (Å²) < 4.78 is 0. The van der Waals surface area contributed by atoms with Crippen LogP contribution in [0.3, 0.4) is 0 Å². The Balaban J connectivity index is 3.37. The van der Waals surface area contributed by atoms with Crippen molar-refractivity contribution in [3.63, 3.8) is 0 Å². The molecule has 0 fully saturated rings. The molecule has 2 unspecified atom stereocenters. The van der Waals surface area contributed by atoms with Crippen LogP contribution in [0, 0.1) is 11.8 Å². The molecule has 0 amide bonds.